The van der Waals surface area contributed by atoms with E-state index in [1.165, 1.54) is 10.5 Å². The minimum absolute atomic E-state index is 0.178. The topological polar surface area (TPSA) is 0 Å². The molecule has 0 aromatic heterocycles. The van der Waals surface area contributed by atoms with Crippen LogP contribution in [0.3, 0.4) is 0 Å². The Kier molecular flexibility index (Phi) is 4.76. The number of alkyl halides is 1. The van der Waals surface area contributed by atoms with Gasteiger partial charge >= 0.3 is 0 Å². The summed E-state index contributed by atoms with van der Waals surface area (Å²) in [6, 6.07) is 1.50. The van der Waals surface area contributed by atoms with Gasteiger partial charge in [-0.15, -0.1) is 0 Å². The maximum atomic E-state index is 2.44. The van der Waals surface area contributed by atoms with Crippen LogP contribution in [-0.4, -0.2) is 13.2 Å². The van der Waals surface area contributed by atoms with Crippen LogP contribution in [0.2, 0.25) is 19.1 Å². The van der Waals surface area contributed by atoms with Gasteiger partial charge in [-0.3, -0.25) is 0 Å². The highest BCUT2D eigenvalue weighted by Gasteiger charge is 1.88. The summed E-state index contributed by atoms with van der Waals surface area (Å²) in [4.78, 5) is 0. The van der Waals surface area contributed by atoms with Crippen LogP contribution in [0.4, 0.5) is 0 Å². The zero-order valence-corrected chi connectivity index (χ0v) is 7.68. The van der Waals surface area contributed by atoms with Gasteiger partial charge < -0.3 is 0 Å². The maximum Gasteiger partial charge on any atom is 0.0313 e. The molecule has 0 fully saturated rings. The molecule has 0 amide bonds. The van der Waals surface area contributed by atoms with E-state index in [1.54, 1.807) is 0 Å². The standard InChI is InChI=1S/C4H11ISi/c1-6(2)4-3-5/h6H,3-4H2,1-2H3. The second kappa shape index (κ2) is 4.12. The van der Waals surface area contributed by atoms with E-state index in [0.29, 0.717) is 0 Å². The number of hydrogen-bond donors (Lipinski definition) is 0. The number of halogens is 1. The molecule has 0 saturated carbocycles. The quantitative estimate of drug-likeness (QED) is 0.374. The van der Waals surface area contributed by atoms with E-state index >= 15 is 0 Å². The lowest BCUT2D eigenvalue weighted by atomic mass is 11.0. The van der Waals surface area contributed by atoms with Gasteiger partial charge in [-0.1, -0.05) is 41.7 Å². The maximum absolute atomic E-state index is 2.44. The van der Waals surface area contributed by atoms with Gasteiger partial charge in [-0.25, -0.2) is 0 Å². The van der Waals surface area contributed by atoms with E-state index in [-0.39, 0.29) is 8.80 Å². The first-order valence-electron chi connectivity index (χ1n) is 2.33. The minimum Gasteiger partial charge on any atom is -0.0867 e. The molecule has 0 spiro atoms. The molecule has 0 bridgehead atoms. The zero-order valence-electron chi connectivity index (χ0n) is 4.37. The molecule has 0 unspecified atom stereocenters. The Bertz CT molecular complexity index is 28.7. The monoisotopic (exact) mass is 214 g/mol. The molecule has 0 aliphatic heterocycles. The molecule has 0 saturated heterocycles. The Morgan fingerprint density at radius 1 is 1.50 bits per heavy atom. The van der Waals surface area contributed by atoms with Crippen LogP contribution in [-0.2, 0) is 0 Å². The molecule has 0 aromatic carbocycles. The average molecular weight is 214 g/mol. The molecular weight excluding hydrogens is 203 g/mol. The molecule has 0 aliphatic carbocycles. The minimum atomic E-state index is -0.178. The molecule has 0 N–H and O–H groups in total. The third-order valence-corrected chi connectivity index (χ3v) is 3.93. The van der Waals surface area contributed by atoms with Crippen LogP contribution < -0.4 is 0 Å². The molecular formula is C4H11ISi. The van der Waals surface area contributed by atoms with Gasteiger partial charge in [0.1, 0.15) is 0 Å². The van der Waals surface area contributed by atoms with Crippen molar-refractivity contribution in [2.45, 2.75) is 19.1 Å². The normalized spacial score (nSPS) is 10.0. The van der Waals surface area contributed by atoms with E-state index < -0.39 is 0 Å². The highest BCUT2D eigenvalue weighted by molar-refractivity contribution is 14.1. The van der Waals surface area contributed by atoms with Gasteiger partial charge in [0.25, 0.3) is 0 Å². The number of hydrogen-bond acceptors (Lipinski definition) is 0. The summed E-state index contributed by atoms with van der Waals surface area (Å²) in [6.07, 6.45) is 0. The Balaban J connectivity index is 2.63. The van der Waals surface area contributed by atoms with Crippen LogP contribution in [0.15, 0.2) is 0 Å². The van der Waals surface area contributed by atoms with Gasteiger partial charge in [0.05, 0.1) is 0 Å². The lowest BCUT2D eigenvalue weighted by Crippen LogP contribution is -1.97. The van der Waals surface area contributed by atoms with Gasteiger partial charge in [-0.2, -0.15) is 0 Å². The van der Waals surface area contributed by atoms with Gasteiger partial charge in [0, 0.05) is 8.80 Å². The number of rotatable bonds is 2. The lowest BCUT2D eigenvalue weighted by molar-refractivity contribution is 1.48. The Morgan fingerprint density at radius 2 is 2.00 bits per heavy atom. The molecule has 38 valence electrons. The SMILES string of the molecule is C[SiH](C)CCI. The summed E-state index contributed by atoms with van der Waals surface area (Å²) in [5, 5.41) is 0. The molecule has 0 aromatic rings. The van der Waals surface area contributed by atoms with Crippen LogP contribution in [0.5, 0.6) is 0 Å². The fourth-order valence-electron chi connectivity index (χ4n) is 0.218. The molecule has 0 rings (SSSR count). The summed E-state index contributed by atoms with van der Waals surface area (Å²) in [5.41, 5.74) is 0. The highest BCUT2D eigenvalue weighted by Crippen LogP contribution is 1.94. The lowest BCUT2D eigenvalue weighted by Gasteiger charge is -1.92. The van der Waals surface area contributed by atoms with E-state index in [4.69, 9.17) is 0 Å². The Labute approximate surface area is 55.1 Å². The molecule has 0 heterocycles. The van der Waals surface area contributed by atoms with Crippen molar-refractivity contribution in [2.24, 2.45) is 0 Å². The predicted molar refractivity (Wildman–Crippen MR) is 42.6 cm³/mol. The summed E-state index contributed by atoms with van der Waals surface area (Å²) >= 11 is 2.44. The smallest absolute Gasteiger partial charge is 0.0313 e. The largest absolute Gasteiger partial charge is 0.0867 e. The van der Waals surface area contributed by atoms with Crippen molar-refractivity contribution < 1.29 is 0 Å². The average Bonchev–Trinajstić information content (AvgIpc) is 1.35. The Morgan fingerprint density at radius 3 is 2.00 bits per heavy atom. The van der Waals surface area contributed by atoms with E-state index in [1.807, 2.05) is 0 Å². The summed E-state index contributed by atoms with van der Waals surface area (Å²) < 4.78 is 1.36. The third kappa shape index (κ3) is 4.95. The van der Waals surface area contributed by atoms with Crippen LogP contribution in [0.1, 0.15) is 0 Å². The third-order valence-electron chi connectivity index (χ3n) is 0.686. The second-order valence-corrected chi connectivity index (χ2v) is 6.32. The van der Waals surface area contributed by atoms with Crippen LogP contribution in [0.25, 0.3) is 0 Å². The van der Waals surface area contributed by atoms with Gasteiger partial charge in [0.15, 0.2) is 0 Å². The van der Waals surface area contributed by atoms with Crippen molar-refractivity contribution >= 4 is 31.4 Å². The van der Waals surface area contributed by atoms with Crippen LogP contribution in [0, 0.1) is 0 Å². The fraction of sp³-hybridized carbons (Fsp3) is 1.00. The van der Waals surface area contributed by atoms with Crippen molar-refractivity contribution in [1.29, 1.82) is 0 Å². The molecule has 2 heteroatoms. The summed E-state index contributed by atoms with van der Waals surface area (Å²) in [5.74, 6) is 0. The predicted octanol–water partition coefficient (Wildman–Crippen LogP) is 1.91. The van der Waals surface area contributed by atoms with E-state index in [0.717, 1.165) is 0 Å². The van der Waals surface area contributed by atoms with Crippen molar-refractivity contribution in [3.8, 4) is 0 Å². The van der Waals surface area contributed by atoms with Crippen molar-refractivity contribution in [1.82, 2.24) is 0 Å². The zero-order chi connectivity index (χ0) is 4.99. The van der Waals surface area contributed by atoms with E-state index in [2.05, 4.69) is 35.7 Å². The van der Waals surface area contributed by atoms with Crippen molar-refractivity contribution in [3.05, 3.63) is 0 Å². The van der Waals surface area contributed by atoms with Gasteiger partial charge in [0.2, 0.25) is 0 Å². The highest BCUT2D eigenvalue weighted by atomic mass is 127. The first kappa shape index (κ1) is 6.95. The first-order chi connectivity index (χ1) is 2.77. The summed E-state index contributed by atoms with van der Waals surface area (Å²) in [7, 11) is -0.178. The molecule has 6 heavy (non-hydrogen) atoms. The molecule has 0 nitrogen and oxygen atoms in total. The van der Waals surface area contributed by atoms with Crippen molar-refractivity contribution in [3.63, 3.8) is 0 Å². The van der Waals surface area contributed by atoms with E-state index in [9.17, 15) is 0 Å². The molecule has 0 aliphatic rings. The molecule has 0 radical (unpaired) electrons. The fourth-order valence-corrected chi connectivity index (χ4v) is 4.39. The van der Waals surface area contributed by atoms with Crippen LogP contribution >= 0.6 is 22.6 Å². The first-order valence-corrected chi connectivity index (χ1v) is 6.98. The summed E-state index contributed by atoms with van der Waals surface area (Å²) in [6.45, 7) is 4.78. The van der Waals surface area contributed by atoms with Gasteiger partial charge in [-0.05, 0) is 4.43 Å². The molecule has 0 atom stereocenters. The second-order valence-electron chi connectivity index (χ2n) is 1.87. The van der Waals surface area contributed by atoms with Crippen molar-refractivity contribution in [2.75, 3.05) is 4.43 Å². The Hall–Kier alpha value is 0.947.